The van der Waals surface area contributed by atoms with E-state index in [1.165, 1.54) is 35.8 Å². The standard InChI is InChI=1S/C46H48N4O.Pt/c1-8-13-35-25-38(50-34(7)46(33(6)48-50)36-16-10-9-11-17-36)28-40(26-35)51-39-19-20-41-42-27-37(32(5)15-12-14-30(2)3)18-21-43(42)49(44(41)29-39)45-24-31(4)22-23-47-45;/h9-11,16-27,30,32H,8,12-15H2,1-7H3;/q-2;+2. The minimum absolute atomic E-state index is 0. The van der Waals surface area contributed by atoms with E-state index < -0.39 is 0 Å². The van der Waals surface area contributed by atoms with Crippen molar-refractivity contribution in [2.24, 2.45) is 5.92 Å². The van der Waals surface area contributed by atoms with E-state index in [1.54, 1.807) is 0 Å². The van der Waals surface area contributed by atoms with Gasteiger partial charge in [0.05, 0.1) is 5.69 Å². The van der Waals surface area contributed by atoms with E-state index >= 15 is 0 Å². The summed E-state index contributed by atoms with van der Waals surface area (Å²) in [6.45, 7) is 15.5. The number of fused-ring (bicyclic) bond motifs is 3. The Morgan fingerprint density at radius 2 is 1.62 bits per heavy atom. The third kappa shape index (κ3) is 7.66. The molecule has 0 spiro atoms. The fraction of sp³-hybridized carbons (Fsp3) is 0.304. The van der Waals surface area contributed by atoms with Gasteiger partial charge in [0.25, 0.3) is 0 Å². The molecular weight excluding hydrogens is 820 g/mol. The molecule has 0 amide bonds. The van der Waals surface area contributed by atoms with Gasteiger partial charge in [0.2, 0.25) is 0 Å². The number of nitrogens with zero attached hydrogens (tertiary/aromatic N) is 4. The van der Waals surface area contributed by atoms with Crippen LogP contribution in [0.2, 0.25) is 0 Å². The Labute approximate surface area is 323 Å². The van der Waals surface area contributed by atoms with Crippen LogP contribution in [0.1, 0.15) is 87.4 Å². The summed E-state index contributed by atoms with van der Waals surface area (Å²) in [5.41, 5.74) is 11.0. The summed E-state index contributed by atoms with van der Waals surface area (Å²) in [7, 11) is 0. The summed E-state index contributed by atoms with van der Waals surface area (Å²) in [4.78, 5) is 4.81. The van der Waals surface area contributed by atoms with Crippen molar-refractivity contribution in [1.82, 2.24) is 19.3 Å². The van der Waals surface area contributed by atoms with Gasteiger partial charge in [-0.2, -0.15) is 16.7 Å². The molecule has 52 heavy (non-hydrogen) atoms. The van der Waals surface area contributed by atoms with Crippen molar-refractivity contribution in [1.29, 1.82) is 0 Å². The number of hydrogen-bond acceptors (Lipinski definition) is 3. The zero-order valence-corrected chi connectivity index (χ0v) is 33.6. The number of rotatable bonds is 12. The molecular formula is C46H48N4OPt. The van der Waals surface area contributed by atoms with Gasteiger partial charge in [-0.05, 0) is 85.0 Å². The van der Waals surface area contributed by atoms with Crippen LogP contribution in [0.15, 0.2) is 91.1 Å². The zero-order chi connectivity index (χ0) is 35.6. The van der Waals surface area contributed by atoms with E-state index in [1.807, 2.05) is 29.1 Å². The second-order valence-corrected chi connectivity index (χ2v) is 14.5. The summed E-state index contributed by atoms with van der Waals surface area (Å²) < 4.78 is 10.9. The van der Waals surface area contributed by atoms with Crippen molar-refractivity contribution in [3.63, 3.8) is 0 Å². The van der Waals surface area contributed by atoms with Crippen molar-refractivity contribution in [2.45, 2.75) is 86.5 Å². The van der Waals surface area contributed by atoms with Crippen LogP contribution in [0.4, 0.5) is 0 Å². The predicted molar refractivity (Wildman–Crippen MR) is 211 cm³/mol. The Bertz CT molecular complexity index is 2320. The Morgan fingerprint density at radius 3 is 2.37 bits per heavy atom. The molecule has 0 radical (unpaired) electrons. The molecule has 0 N–H and O–H groups in total. The molecule has 5 nitrogen and oxygen atoms in total. The number of pyridine rings is 1. The molecule has 0 aliphatic rings. The molecule has 0 aliphatic carbocycles. The summed E-state index contributed by atoms with van der Waals surface area (Å²) in [6.07, 6.45) is 7.52. The van der Waals surface area contributed by atoms with Gasteiger partial charge in [0, 0.05) is 34.5 Å². The number of hydrogen-bond donors (Lipinski definition) is 0. The Kier molecular flexibility index (Phi) is 11.5. The third-order valence-corrected chi connectivity index (χ3v) is 10.0. The SMILES string of the molecule is CCCc1cc(Oc2[c-]c3c(cc2)c2cc(C(C)CCCC(C)C)ccc2n3-c2cc(C)ccn2)[c-]c(-n2nc(C)c(-c3ccccc3)c2C)c1.[Pt+2]. The smallest absolute Gasteiger partial charge is 0.509 e. The predicted octanol–water partition coefficient (Wildman–Crippen LogP) is 12.2. The van der Waals surface area contributed by atoms with Crippen LogP contribution in [-0.2, 0) is 27.5 Å². The van der Waals surface area contributed by atoms with Gasteiger partial charge in [-0.3, -0.25) is 4.68 Å². The first-order valence-electron chi connectivity index (χ1n) is 18.5. The fourth-order valence-corrected chi connectivity index (χ4v) is 7.39. The van der Waals surface area contributed by atoms with Gasteiger partial charge >= 0.3 is 21.1 Å². The van der Waals surface area contributed by atoms with Gasteiger partial charge in [-0.25, -0.2) is 4.98 Å². The molecule has 0 saturated heterocycles. The molecule has 7 rings (SSSR count). The molecule has 0 aliphatic heterocycles. The minimum Gasteiger partial charge on any atom is -0.509 e. The minimum atomic E-state index is 0. The molecule has 1 unspecified atom stereocenters. The van der Waals surface area contributed by atoms with Crippen LogP contribution in [-0.4, -0.2) is 19.3 Å². The van der Waals surface area contributed by atoms with Crippen molar-refractivity contribution in [2.75, 3.05) is 0 Å². The van der Waals surface area contributed by atoms with E-state index in [-0.39, 0.29) is 21.1 Å². The molecule has 6 heteroatoms. The maximum absolute atomic E-state index is 6.65. The molecule has 0 saturated carbocycles. The van der Waals surface area contributed by atoms with Gasteiger partial charge in [-0.1, -0.05) is 101 Å². The molecule has 3 aromatic heterocycles. The van der Waals surface area contributed by atoms with E-state index in [9.17, 15) is 0 Å². The Morgan fingerprint density at radius 1 is 0.808 bits per heavy atom. The van der Waals surface area contributed by atoms with E-state index in [2.05, 4.69) is 132 Å². The Balaban J connectivity index is 0.00000464. The summed E-state index contributed by atoms with van der Waals surface area (Å²) in [5.74, 6) is 3.38. The summed E-state index contributed by atoms with van der Waals surface area (Å²) in [6, 6.07) is 37.3. The molecule has 0 fully saturated rings. The largest absolute Gasteiger partial charge is 2.00 e. The monoisotopic (exact) mass is 867 g/mol. The van der Waals surface area contributed by atoms with Crippen LogP contribution in [0.3, 0.4) is 0 Å². The van der Waals surface area contributed by atoms with Crippen LogP contribution in [0.5, 0.6) is 11.5 Å². The first-order chi connectivity index (χ1) is 24.7. The van der Waals surface area contributed by atoms with Gasteiger partial charge < -0.3 is 9.30 Å². The van der Waals surface area contributed by atoms with Crippen molar-refractivity contribution in [3.8, 4) is 34.1 Å². The maximum atomic E-state index is 6.65. The van der Waals surface area contributed by atoms with Crippen molar-refractivity contribution < 1.29 is 25.8 Å². The van der Waals surface area contributed by atoms with Crippen LogP contribution in [0.25, 0.3) is 44.4 Å². The zero-order valence-electron chi connectivity index (χ0n) is 31.4. The number of aromatic nitrogens is 4. The molecule has 268 valence electrons. The first kappa shape index (κ1) is 37.3. The number of benzene rings is 4. The summed E-state index contributed by atoms with van der Waals surface area (Å²) in [5, 5.41) is 7.33. The number of ether oxygens (including phenoxy) is 1. The first-order valence-corrected chi connectivity index (χ1v) is 18.5. The third-order valence-electron chi connectivity index (χ3n) is 10.0. The molecule has 7 aromatic rings. The average Bonchev–Trinajstić information content (AvgIpc) is 3.60. The van der Waals surface area contributed by atoms with E-state index in [0.717, 1.165) is 74.8 Å². The number of aryl methyl sites for hydroxylation is 3. The van der Waals surface area contributed by atoms with Crippen LogP contribution in [0, 0.1) is 38.8 Å². The quantitative estimate of drug-likeness (QED) is 0.115. The topological polar surface area (TPSA) is 44.9 Å². The van der Waals surface area contributed by atoms with E-state index in [4.69, 9.17) is 14.8 Å². The normalized spacial score (nSPS) is 12.1. The van der Waals surface area contributed by atoms with Gasteiger partial charge in [0.15, 0.2) is 0 Å². The molecule has 0 bridgehead atoms. The van der Waals surface area contributed by atoms with Gasteiger partial charge in [0.1, 0.15) is 5.82 Å². The summed E-state index contributed by atoms with van der Waals surface area (Å²) >= 11 is 0. The van der Waals surface area contributed by atoms with Crippen molar-refractivity contribution in [3.05, 3.63) is 131 Å². The van der Waals surface area contributed by atoms with Crippen LogP contribution < -0.4 is 4.74 Å². The average molecular weight is 868 g/mol. The second-order valence-electron chi connectivity index (χ2n) is 14.5. The van der Waals surface area contributed by atoms with Crippen LogP contribution >= 0.6 is 0 Å². The molecule has 4 aromatic carbocycles. The molecule has 3 heterocycles. The maximum Gasteiger partial charge on any atom is 2.00 e. The molecule has 1 atom stereocenters. The fourth-order valence-electron chi connectivity index (χ4n) is 7.39. The van der Waals surface area contributed by atoms with E-state index in [0.29, 0.717) is 17.4 Å². The van der Waals surface area contributed by atoms with Gasteiger partial charge in [-0.15, -0.1) is 35.7 Å². The second kappa shape index (κ2) is 16.0. The van der Waals surface area contributed by atoms with Crippen molar-refractivity contribution >= 4 is 21.8 Å². The Hall–Kier alpha value is -4.47.